The predicted molar refractivity (Wildman–Crippen MR) is 124 cm³/mol. The van der Waals surface area contributed by atoms with E-state index in [0.717, 1.165) is 24.8 Å². The van der Waals surface area contributed by atoms with Crippen molar-refractivity contribution in [2.75, 3.05) is 13.1 Å². The highest BCUT2D eigenvalue weighted by Crippen LogP contribution is 2.39. The van der Waals surface area contributed by atoms with Gasteiger partial charge in [-0.25, -0.2) is 0 Å². The lowest BCUT2D eigenvalue weighted by Crippen LogP contribution is -2.59. The summed E-state index contributed by atoms with van der Waals surface area (Å²) in [6.07, 6.45) is -1.88. The van der Waals surface area contributed by atoms with Gasteiger partial charge in [-0.3, -0.25) is 14.4 Å². The normalized spacial score (nSPS) is 19.1. The Kier molecular flexibility index (Phi) is 5.93. The number of hydrogen-bond acceptors (Lipinski definition) is 6. The molecule has 1 atom stereocenters. The monoisotopic (exact) mass is 503 g/mol. The molecule has 0 bridgehead atoms. The molecule has 1 fully saturated rings. The minimum absolute atomic E-state index is 0.0993. The highest BCUT2D eigenvalue weighted by Gasteiger charge is 2.48. The Hall–Kier alpha value is -3.21. The van der Waals surface area contributed by atoms with Crippen molar-refractivity contribution in [2.24, 2.45) is 18.4 Å². The van der Waals surface area contributed by atoms with E-state index in [1.165, 1.54) is 10.6 Å². The molecule has 192 valence electrons. The van der Waals surface area contributed by atoms with E-state index in [4.69, 9.17) is 9.63 Å². The SMILES string of the molecule is Cn1nc(-c2nc(-c3ccc(CC(N4CC(C(=O)O)C4)C(F)(F)F)cc3)no2)c2c1CC(C)(C)CC2. The molecule has 0 spiro atoms. The number of fused-ring (bicyclic) bond motifs is 1. The lowest BCUT2D eigenvalue weighted by molar-refractivity contribution is -0.202. The van der Waals surface area contributed by atoms with Gasteiger partial charge in [0, 0.05) is 37.0 Å². The third kappa shape index (κ3) is 4.63. The van der Waals surface area contributed by atoms with Crippen molar-refractivity contribution < 1.29 is 27.6 Å². The molecule has 1 N–H and O–H groups in total. The molecule has 1 unspecified atom stereocenters. The molecule has 2 aliphatic rings. The van der Waals surface area contributed by atoms with Crippen LogP contribution in [0.5, 0.6) is 0 Å². The first-order valence-electron chi connectivity index (χ1n) is 11.9. The predicted octanol–water partition coefficient (Wildman–Crippen LogP) is 4.14. The molecule has 3 heterocycles. The topological polar surface area (TPSA) is 97.3 Å². The molecule has 1 aliphatic heterocycles. The third-order valence-corrected chi connectivity index (χ3v) is 7.32. The molecule has 5 rings (SSSR count). The lowest BCUT2D eigenvalue weighted by atomic mass is 9.76. The summed E-state index contributed by atoms with van der Waals surface area (Å²) in [7, 11) is 1.91. The van der Waals surface area contributed by atoms with Crippen LogP contribution in [0, 0.1) is 11.3 Å². The average molecular weight is 504 g/mol. The first-order valence-corrected chi connectivity index (χ1v) is 11.9. The maximum atomic E-state index is 13.6. The molecule has 1 saturated heterocycles. The average Bonchev–Trinajstić information content (AvgIpc) is 3.36. The standard InChI is InChI=1S/C25H28F3N5O3/c1-24(2)9-8-17-18(11-24)32(3)30-20(17)22-29-21(31-36-22)15-6-4-14(5-7-15)10-19(25(26,27)28)33-12-16(13-33)23(34)35/h4-7,16,19H,8-13H2,1-3H3,(H,34,35). The minimum atomic E-state index is -4.46. The van der Waals surface area contributed by atoms with Crippen LogP contribution in [0.15, 0.2) is 28.8 Å². The molecule has 36 heavy (non-hydrogen) atoms. The highest BCUT2D eigenvalue weighted by atomic mass is 19.4. The fourth-order valence-corrected chi connectivity index (χ4v) is 5.09. The van der Waals surface area contributed by atoms with Gasteiger partial charge in [-0.2, -0.15) is 23.3 Å². The molecule has 2 aromatic heterocycles. The summed E-state index contributed by atoms with van der Waals surface area (Å²) in [5.74, 6) is -1.15. The van der Waals surface area contributed by atoms with Gasteiger partial charge in [0.05, 0.1) is 5.92 Å². The number of likely N-dealkylation sites (tertiary alicyclic amines) is 1. The summed E-state index contributed by atoms with van der Waals surface area (Å²) in [4.78, 5) is 16.7. The summed E-state index contributed by atoms with van der Waals surface area (Å²) in [6.45, 7) is 4.28. The number of carboxylic acids is 1. The van der Waals surface area contributed by atoms with Gasteiger partial charge < -0.3 is 9.63 Å². The van der Waals surface area contributed by atoms with E-state index in [1.807, 2.05) is 11.7 Å². The highest BCUT2D eigenvalue weighted by molar-refractivity contribution is 5.71. The van der Waals surface area contributed by atoms with Crippen LogP contribution in [0.25, 0.3) is 23.0 Å². The van der Waals surface area contributed by atoms with Gasteiger partial charge in [0.2, 0.25) is 5.82 Å². The lowest BCUT2D eigenvalue weighted by Gasteiger charge is -2.43. The number of halogens is 3. The smallest absolute Gasteiger partial charge is 0.404 e. The second-order valence-electron chi connectivity index (χ2n) is 10.6. The van der Waals surface area contributed by atoms with E-state index < -0.39 is 24.1 Å². The third-order valence-electron chi connectivity index (χ3n) is 7.32. The summed E-state index contributed by atoms with van der Waals surface area (Å²) in [5, 5.41) is 17.7. The van der Waals surface area contributed by atoms with Gasteiger partial charge in [0.15, 0.2) is 5.69 Å². The van der Waals surface area contributed by atoms with Gasteiger partial charge in [-0.05, 0) is 36.7 Å². The number of hydrogen-bond donors (Lipinski definition) is 1. The number of aromatic nitrogens is 4. The zero-order valence-corrected chi connectivity index (χ0v) is 20.3. The van der Waals surface area contributed by atoms with E-state index >= 15 is 0 Å². The van der Waals surface area contributed by atoms with Crippen LogP contribution in [0.3, 0.4) is 0 Å². The van der Waals surface area contributed by atoms with Crippen molar-refractivity contribution in [3.8, 4) is 23.0 Å². The molecule has 1 aliphatic carbocycles. The molecular formula is C25H28F3N5O3. The minimum Gasteiger partial charge on any atom is -0.481 e. The zero-order chi connectivity index (χ0) is 25.8. The number of rotatable bonds is 6. The molecule has 11 heteroatoms. The van der Waals surface area contributed by atoms with Gasteiger partial charge in [0.1, 0.15) is 6.04 Å². The Balaban J connectivity index is 1.32. The van der Waals surface area contributed by atoms with Gasteiger partial charge in [-0.1, -0.05) is 43.3 Å². The summed E-state index contributed by atoms with van der Waals surface area (Å²) in [6, 6.07) is 4.84. The van der Waals surface area contributed by atoms with Crippen LogP contribution in [0.4, 0.5) is 13.2 Å². The summed E-state index contributed by atoms with van der Waals surface area (Å²) in [5.41, 5.74) is 4.29. The fraction of sp³-hybridized carbons (Fsp3) is 0.520. The maximum Gasteiger partial charge on any atom is 0.404 e. The van der Waals surface area contributed by atoms with Crippen molar-refractivity contribution in [3.05, 3.63) is 41.1 Å². The van der Waals surface area contributed by atoms with Crippen molar-refractivity contribution in [3.63, 3.8) is 0 Å². The van der Waals surface area contributed by atoms with Crippen molar-refractivity contribution in [2.45, 2.75) is 51.7 Å². The molecule has 8 nitrogen and oxygen atoms in total. The van der Waals surface area contributed by atoms with Gasteiger partial charge in [-0.15, -0.1) is 0 Å². The Morgan fingerprint density at radius 1 is 1.25 bits per heavy atom. The molecule has 0 amide bonds. The number of aliphatic carboxylic acids is 1. The Bertz CT molecular complexity index is 1270. The van der Waals surface area contributed by atoms with E-state index in [1.54, 1.807) is 24.3 Å². The quantitative estimate of drug-likeness (QED) is 0.540. The summed E-state index contributed by atoms with van der Waals surface area (Å²) >= 11 is 0. The van der Waals surface area contributed by atoms with E-state index in [0.29, 0.717) is 28.5 Å². The van der Waals surface area contributed by atoms with Crippen LogP contribution < -0.4 is 0 Å². The van der Waals surface area contributed by atoms with Crippen molar-refractivity contribution >= 4 is 5.97 Å². The first-order chi connectivity index (χ1) is 16.9. The molecule has 0 saturated carbocycles. The second-order valence-corrected chi connectivity index (χ2v) is 10.6. The van der Waals surface area contributed by atoms with E-state index in [9.17, 15) is 18.0 Å². The van der Waals surface area contributed by atoms with Crippen LogP contribution >= 0.6 is 0 Å². The number of aryl methyl sites for hydroxylation is 1. The molecule has 0 radical (unpaired) electrons. The molecule has 3 aromatic rings. The van der Waals surface area contributed by atoms with E-state index in [-0.39, 0.29) is 24.9 Å². The fourth-order valence-electron chi connectivity index (χ4n) is 5.09. The van der Waals surface area contributed by atoms with Gasteiger partial charge >= 0.3 is 12.1 Å². The van der Waals surface area contributed by atoms with E-state index in [2.05, 4.69) is 29.1 Å². The zero-order valence-electron chi connectivity index (χ0n) is 20.3. The number of alkyl halides is 3. The Morgan fingerprint density at radius 2 is 1.94 bits per heavy atom. The van der Waals surface area contributed by atoms with Crippen LogP contribution in [-0.2, 0) is 31.1 Å². The number of nitrogens with zero attached hydrogens (tertiary/aromatic N) is 5. The number of carboxylic acid groups (broad SMARTS) is 1. The first kappa shape index (κ1) is 24.5. The van der Waals surface area contributed by atoms with Crippen LogP contribution in [0.2, 0.25) is 0 Å². The van der Waals surface area contributed by atoms with Crippen LogP contribution in [-0.4, -0.2) is 61.2 Å². The second kappa shape index (κ2) is 8.72. The number of carbonyl (C=O) groups is 1. The van der Waals surface area contributed by atoms with Crippen molar-refractivity contribution in [1.29, 1.82) is 0 Å². The Morgan fingerprint density at radius 3 is 2.58 bits per heavy atom. The Labute approximate surface area is 206 Å². The summed E-state index contributed by atoms with van der Waals surface area (Å²) < 4.78 is 48.3. The molecule has 1 aromatic carbocycles. The number of benzene rings is 1. The largest absolute Gasteiger partial charge is 0.481 e. The van der Waals surface area contributed by atoms with Gasteiger partial charge in [0.25, 0.3) is 5.89 Å². The maximum absolute atomic E-state index is 13.6. The van der Waals surface area contributed by atoms with Crippen LogP contribution in [0.1, 0.15) is 37.1 Å². The van der Waals surface area contributed by atoms with Crippen molar-refractivity contribution in [1.82, 2.24) is 24.8 Å². The molecular weight excluding hydrogens is 475 g/mol.